The predicted molar refractivity (Wildman–Crippen MR) is 58.5 cm³/mol. The highest BCUT2D eigenvalue weighted by Crippen LogP contribution is 2.38. The molecule has 0 unspecified atom stereocenters. The zero-order chi connectivity index (χ0) is 12.6. The van der Waals surface area contributed by atoms with E-state index in [9.17, 15) is 19.7 Å². The number of benzene rings is 2. The van der Waals surface area contributed by atoms with Crippen LogP contribution >= 0.6 is 0 Å². The Morgan fingerprint density at radius 3 is 2.18 bits per heavy atom. The zero-order valence-corrected chi connectivity index (χ0v) is 8.55. The van der Waals surface area contributed by atoms with Crippen LogP contribution in [0.25, 0.3) is 11.1 Å². The quantitative estimate of drug-likeness (QED) is 0.452. The van der Waals surface area contributed by atoms with Gasteiger partial charge in [0, 0.05) is 11.6 Å². The lowest BCUT2D eigenvalue weighted by molar-refractivity contribution is 0.403. The summed E-state index contributed by atoms with van der Waals surface area (Å²) < 4.78 is 13.2. The summed E-state index contributed by atoms with van der Waals surface area (Å²) in [5.41, 5.74) is 0.297. The molecular weight excluding hydrogens is 227 g/mol. The second-order valence-corrected chi connectivity index (χ2v) is 3.53. The van der Waals surface area contributed by atoms with Crippen molar-refractivity contribution in [1.82, 2.24) is 0 Å². The van der Waals surface area contributed by atoms with Crippen molar-refractivity contribution in [3.05, 3.63) is 36.1 Å². The highest BCUT2D eigenvalue weighted by molar-refractivity contribution is 5.73. The number of hydrogen-bond donors (Lipinski definition) is 4. The lowest BCUT2D eigenvalue weighted by Gasteiger charge is -2.07. The first kappa shape index (κ1) is 11.1. The van der Waals surface area contributed by atoms with E-state index >= 15 is 0 Å². The maximum Gasteiger partial charge on any atom is 0.169 e. The Bertz CT molecular complexity index is 581. The lowest BCUT2D eigenvalue weighted by atomic mass is 10.0. The van der Waals surface area contributed by atoms with E-state index in [1.54, 1.807) is 0 Å². The average Bonchev–Trinajstić information content (AvgIpc) is 2.27. The maximum atomic E-state index is 13.2. The third-order valence-electron chi connectivity index (χ3n) is 2.33. The molecule has 0 aliphatic heterocycles. The van der Waals surface area contributed by atoms with Crippen LogP contribution in [0.15, 0.2) is 30.3 Å². The first-order valence-electron chi connectivity index (χ1n) is 4.73. The molecule has 0 aromatic heterocycles. The summed E-state index contributed by atoms with van der Waals surface area (Å²) in [7, 11) is 0. The molecular formula is C12H9FO4. The molecule has 0 atom stereocenters. The molecule has 0 heterocycles. The van der Waals surface area contributed by atoms with E-state index in [2.05, 4.69) is 0 Å². The normalized spacial score (nSPS) is 10.4. The van der Waals surface area contributed by atoms with Crippen molar-refractivity contribution in [1.29, 1.82) is 0 Å². The van der Waals surface area contributed by atoms with E-state index in [-0.39, 0.29) is 22.6 Å². The number of phenols is 4. The molecule has 0 amide bonds. The van der Waals surface area contributed by atoms with Crippen LogP contribution < -0.4 is 0 Å². The first-order chi connectivity index (χ1) is 7.99. The number of halogens is 1. The van der Waals surface area contributed by atoms with Gasteiger partial charge in [-0.25, -0.2) is 4.39 Å². The standard InChI is InChI=1S/C12H9FO4/c13-9-5-7(14)4-8(12(9)17)6-1-2-10(15)11(16)3-6/h1-5,14-17H. The Morgan fingerprint density at radius 2 is 1.53 bits per heavy atom. The van der Waals surface area contributed by atoms with Gasteiger partial charge in [0.2, 0.25) is 0 Å². The fourth-order valence-electron chi connectivity index (χ4n) is 1.50. The highest BCUT2D eigenvalue weighted by Gasteiger charge is 2.12. The second-order valence-electron chi connectivity index (χ2n) is 3.53. The summed E-state index contributed by atoms with van der Waals surface area (Å²) in [6.07, 6.45) is 0. The Balaban J connectivity index is 2.64. The molecule has 0 saturated heterocycles. The molecule has 2 rings (SSSR count). The van der Waals surface area contributed by atoms with Crippen molar-refractivity contribution >= 4 is 0 Å². The van der Waals surface area contributed by atoms with Crippen molar-refractivity contribution in [2.75, 3.05) is 0 Å². The lowest BCUT2D eigenvalue weighted by Crippen LogP contribution is -1.84. The Kier molecular flexibility index (Phi) is 2.51. The van der Waals surface area contributed by atoms with Gasteiger partial charge in [0.1, 0.15) is 5.75 Å². The van der Waals surface area contributed by atoms with Crippen LogP contribution in [0.4, 0.5) is 4.39 Å². The monoisotopic (exact) mass is 236 g/mol. The van der Waals surface area contributed by atoms with Crippen LogP contribution in [0, 0.1) is 5.82 Å². The van der Waals surface area contributed by atoms with E-state index in [1.807, 2.05) is 0 Å². The largest absolute Gasteiger partial charge is 0.508 e. The maximum absolute atomic E-state index is 13.2. The zero-order valence-electron chi connectivity index (χ0n) is 8.55. The van der Waals surface area contributed by atoms with E-state index < -0.39 is 17.3 Å². The molecule has 0 fully saturated rings. The average molecular weight is 236 g/mol. The molecule has 0 aliphatic carbocycles. The van der Waals surface area contributed by atoms with Crippen LogP contribution in [0.3, 0.4) is 0 Å². The van der Waals surface area contributed by atoms with Crippen LogP contribution in [0.2, 0.25) is 0 Å². The third-order valence-corrected chi connectivity index (χ3v) is 2.33. The third kappa shape index (κ3) is 1.94. The molecule has 0 aliphatic rings. The van der Waals surface area contributed by atoms with E-state index in [0.717, 1.165) is 18.2 Å². The number of phenolic OH excluding ortho intramolecular Hbond substituents is 4. The molecule has 4 N–H and O–H groups in total. The molecule has 88 valence electrons. The van der Waals surface area contributed by atoms with E-state index in [1.165, 1.54) is 12.1 Å². The molecule has 0 radical (unpaired) electrons. The summed E-state index contributed by atoms with van der Waals surface area (Å²) in [6.45, 7) is 0. The molecule has 0 saturated carbocycles. The van der Waals surface area contributed by atoms with Gasteiger partial charge in [-0.1, -0.05) is 6.07 Å². The minimum atomic E-state index is -0.965. The molecule has 0 bridgehead atoms. The molecule has 2 aromatic carbocycles. The molecule has 5 heteroatoms. The fraction of sp³-hybridized carbons (Fsp3) is 0. The number of hydrogen-bond acceptors (Lipinski definition) is 4. The van der Waals surface area contributed by atoms with Crippen LogP contribution in [0.5, 0.6) is 23.0 Å². The van der Waals surface area contributed by atoms with Gasteiger partial charge in [0.05, 0.1) is 0 Å². The van der Waals surface area contributed by atoms with Crippen molar-refractivity contribution in [3.63, 3.8) is 0 Å². The SMILES string of the molecule is Oc1cc(F)c(O)c(-c2ccc(O)c(O)c2)c1. The number of rotatable bonds is 1. The van der Waals surface area contributed by atoms with E-state index in [0.29, 0.717) is 0 Å². The summed E-state index contributed by atoms with van der Waals surface area (Å²) in [6, 6.07) is 5.67. The first-order valence-corrected chi connectivity index (χ1v) is 4.73. The molecule has 0 spiro atoms. The van der Waals surface area contributed by atoms with Crippen molar-refractivity contribution < 1.29 is 24.8 Å². The highest BCUT2D eigenvalue weighted by atomic mass is 19.1. The number of aromatic hydroxyl groups is 4. The summed E-state index contributed by atoms with van der Waals surface area (Å²) in [5.74, 6) is -2.66. The molecule has 4 nitrogen and oxygen atoms in total. The smallest absolute Gasteiger partial charge is 0.169 e. The van der Waals surface area contributed by atoms with Crippen molar-refractivity contribution in [2.45, 2.75) is 0 Å². The van der Waals surface area contributed by atoms with Crippen molar-refractivity contribution in [3.8, 4) is 34.1 Å². The van der Waals surface area contributed by atoms with Crippen LogP contribution in [0.1, 0.15) is 0 Å². The Morgan fingerprint density at radius 1 is 0.824 bits per heavy atom. The van der Waals surface area contributed by atoms with Gasteiger partial charge in [-0.2, -0.15) is 0 Å². The minimum Gasteiger partial charge on any atom is -0.508 e. The van der Waals surface area contributed by atoms with Gasteiger partial charge < -0.3 is 20.4 Å². The minimum absolute atomic E-state index is 0.0257. The topological polar surface area (TPSA) is 80.9 Å². The predicted octanol–water partition coefficient (Wildman–Crippen LogP) is 2.32. The van der Waals surface area contributed by atoms with Gasteiger partial charge in [-0.15, -0.1) is 0 Å². The van der Waals surface area contributed by atoms with Gasteiger partial charge in [0.25, 0.3) is 0 Å². The molecule has 17 heavy (non-hydrogen) atoms. The van der Waals surface area contributed by atoms with Gasteiger partial charge in [0.15, 0.2) is 23.1 Å². The summed E-state index contributed by atoms with van der Waals surface area (Å²) in [4.78, 5) is 0. The Hall–Kier alpha value is -2.43. The van der Waals surface area contributed by atoms with Gasteiger partial charge in [-0.05, 0) is 23.8 Å². The molecule has 2 aromatic rings. The van der Waals surface area contributed by atoms with E-state index in [4.69, 9.17) is 5.11 Å². The summed E-state index contributed by atoms with van der Waals surface area (Å²) >= 11 is 0. The summed E-state index contributed by atoms with van der Waals surface area (Å²) in [5, 5.41) is 37.2. The Labute approximate surface area is 95.8 Å². The van der Waals surface area contributed by atoms with Crippen molar-refractivity contribution in [2.24, 2.45) is 0 Å². The van der Waals surface area contributed by atoms with Gasteiger partial charge in [-0.3, -0.25) is 0 Å². The van der Waals surface area contributed by atoms with Crippen LogP contribution in [-0.4, -0.2) is 20.4 Å². The second kappa shape index (κ2) is 3.86. The van der Waals surface area contributed by atoms with Gasteiger partial charge >= 0.3 is 0 Å². The fourth-order valence-corrected chi connectivity index (χ4v) is 1.50. The van der Waals surface area contributed by atoms with Crippen LogP contribution in [-0.2, 0) is 0 Å².